The minimum atomic E-state index is -0.358. The summed E-state index contributed by atoms with van der Waals surface area (Å²) in [6.45, 7) is 2.77. The average molecular weight is 386 g/mol. The predicted octanol–water partition coefficient (Wildman–Crippen LogP) is 5.21. The van der Waals surface area contributed by atoms with Gasteiger partial charge < -0.3 is 9.15 Å². The van der Waals surface area contributed by atoms with Gasteiger partial charge in [-0.05, 0) is 36.8 Å². The fourth-order valence-corrected chi connectivity index (χ4v) is 2.67. The monoisotopic (exact) mass is 385 g/mol. The molecule has 1 amide bonds. The van der Waals surface area contributed by atoms with Gasteiger partial charge in [0.05, 0.1) is 17.2 Å². The summed E-state index contributed by atoms with van der Waals surface area (Å²) in [6, 6.07) is 14.1. The smallest absolute Gasteiger partial charge is 0.322 e. The highest BCUT2D eigenvalue weighted by atomic mass is 35.5. The number of rotatable bonds is 8. The molecule has 27 heavy (non-hydrogen) atoms. The van der Waals surface area contributed by atoms with Gasteiger partial charge in [0.25, 0.3) is 11.8 Å². The molecule has 140 valence electrons. The lowest BCUT2D eigenvalue weighted by Gasteiger charge is -2.07. The van der Waals surface area contributed by atoms with E-state index in [1.807, 2.05) is 18.2 Å². The normalized spacial score (nSPS) is 10.6. The molecule has 3 aromatic rings. The van der Waals surface area contributed by atoms with Crippen LogP contribution in [0.25, 0.3) is 11.5 Å². The highest BCUT2D eigenvalue weighted by molar-refractivity contribution is 6.33. The summed E-state index contributed by atoms with van der Waals surface area (Å²) in [4.78, 5) is 12.4. The third-order valence-corrected chi connectivity index (χ3v) is 4.19. The molecule has 0 unspecified atom stereocenters. The number of benzene rings is 2. The highest BCUT2D eigenvalue weighted by Crippen LogP contribution is 2.27. The van der Waals surface area contributed by atoms with Crippen LogP contribution in [-0.2, 0) is 0 Å². The fraction of sp³-hybridized carbons (Fsp3) is 0.250. The first kappa shape index (κ1) is 18.9. The summed E-state index contributed by atoms with van der Waals surface area (Å²) in [5, 5.41) is 10.9. The summed E-state index contributed by atoms with van der Waals surface area (Å²) in [6.07, 6.45) is 3.23. The van der Waals surface area contributed by atoms with E-state index in [0.717, 1.165) is 19.3 Å². The second kappa shape index (κ2) is 9.19. The van der Waals surface area contributed by atoms with E-state index in [9.17, 15) is 4.79 Å². The Kier molecular flexibility index (Phi) is 6.44. The van der Waals surface area contributed by atoms with Crippen LogP contribution in [0.4, 0.5) is 6.01 Å². The van der Waals surface area contributed by atoms with Crippen LogP contribution in [0.1, 0.15) is 36.5 Å². The van der Waals surface area contributed by atoms with Crippen molar-refractivity contribution in [2.24, 2.45) is 0 Å². The molecule has 0 fully saturated rings. The third kappa shape index (κ3) is 5.08. The van der Waals surface area contributed by atoms with Crippen LogP contribution in [-0.4, -0.2) is 22.7 Å². The average Bonchev–Trinajstić information content (AvgIpc) is 3.14. The molecule has 0 aliphatic carbocycles. The lowest BCUT2D eigenvalue weighted by molar-refractivity contribution is 0.102. The van der Waals surface area contributed by atoms with Crippen molar-refractivity contribution >= 4 is 23.5 Å². The first-order chi connectivity index (χ1) is 13.2. The van der Waals surface area contributed by atoms with Crippen molar-refractivity contribution in [2.45, 2.75) is 26.2 Å². The topological polar surface area (TPSA) is 77.2 Å². The lowest BCUT2D eigenvalue weighted by Crippen LogP contribution is -2.12. The number of unbranched alkanes of at least 4 members (excludes halogenated alkanes) is 2. The molecule has 0 saturated heterocycles. The number of hydrogen-bond donors (Lipinski definition) is 1. The van der Waals surface area contributed by atoms with Gasteiger partial charge in [-0.3, -0.25) is 10.1 Å². The Balaban J connectivity index is 1.65. The molecule has 6 nitrogen and oxygen atoms in total. The van der Waals surface area contributed by atoms with Gasteiger partial charge in [0.15, 0.2) is 0 Å². The Bertz CT molecular complexity index is 911. The molecule has 0 bridgehead atoms. The van der Waals surface area contributed by atoms with Crippen molar-refractivity contribution in [1.82, 2.24) is 10.2 Å². The predicted molar refractivity (Wildman–Crippen MR) is 104 cm³/mol. The largest absolute Gasteiger partial charge is 0.494 e. The standard InChI is InChI=1S/C20H20ClN3O3/c1-2-3-6-12-26-15-9-7-8-14(13-15)18(25)22-20-24-23-19(27-20)16-10-4-5-11-17(16)21/h4-5,7-11,13H,2-3,6,12H2,1H3,(H,22,24,25). The Labute approximate surface area is 162 Å². The number of carbonyl (C=O) groups excluding carboxylic acids is 1. The molecule has 1 aromatic heterocycles. The Morgan fingerprint density at radius 2 is 2.00 bits per heavy atom. The maximum Gasteiger partial charge on any atom is 0.322 e. The van der Waals surface area contributed by atoms with Gasteiger partial charge in [0.2, 0.25) is 0 Å². The molecule has 7 heteroatoms. The minimum absolute atomic E-state index is 0.00388. The van der Waals surface area contributed by atoms with Gasteiger partial charge in [0, 0.05) is 5.56 Å². The zero-order valence-corrected chi connectivity index (χ0v) is 15.7. The first-order valence-electron chi connectivity index (χ1n) is 8.80. The van der Waals surface area contributed by atoms with E-state index in [1.165, 1.54) is 0 Å². The van der Waals surface area contributed by atoms with Crippen molar-refractivity contribution in [3.8, 4) is 17.2 Å². The molecule has 3 rings (SSSR count). The van der Waals surface area contributed by atoms with Crippen molar-refractivity contribution in [3.63, 3.8) is 0 Å². The number of halogens is 1. The summed E-state index contributed by atoms with van der Waals surface area (Å²) in [5.41, 5.74) is 1.05. The molecule has 1 N–H and O–H groups in total. The van der Waals surface area contributed by atoms with Crippen LogP contribution in [0.5, 0.6) is 5.75 Å². The second-order valence-electron chi connectivity index (χ2n) is 5.93. The number of nitrogens with one attached hydrogen (secondary N) is 1. The van der Waals surface area contributed by atoms with Crippen LogP contribution in [0.3, 0.4) is 0 Å². The highest BCUT2D eigenvalue weighted by Gasteiger charge is 2.14. The van der Waals surface area contributed by atoms with Gasteiger partial charge in [-0.1, -0.05) is 54.7 Å². The number of aromatic nitrogens is 2. The Morgan fingerprint density at radius 3 is 2.81 bits per heavy atom. The van der Waals surface area contributed by atoms with E-state index >= 15 is 0 Å². The van der Waals surface area contributed by atoms with Crippen molar-refractivity contribution in [1.29, 1.82) is 0 Å². The number of carbonyl (C=O) groups is 1. The van der Waals surface area contributed by atoms with Gasteiger partial charge in [-0.25, -0.2) is 0 Å². The third-order valence-electron chi connectivity index (χ3n) is 3.86. The second-order valence-corrected chi connectivity index (χ2v) is 6.34. The zero-order valence-electron chi connectivity index (χ0n) is 14.9. The van der Waals surface area contributed by atoms with E-state index < -0.39 is 0 Å². The van der Waals surface area contributed by atoms with E-state index in [0.29, 0.717) is 28.5 Å². The van der Waals surface area contributed by atoms with Gasteiger partial charge >= 0.3 is 6.01 Å². The van der Waals surface area contributed by atoms with Crippen LogP contribution >= 0.6 is 11.6 Å². The summed E-state index contributed by atoms with van der Waals surface area (Å²) >= 11 is 6.12. The summed E-state index contributed by atoms with van der Waals surface area (Å²) in [5.74, 6) is 0.535. The quantitative estimate of drug-likeness (QED) is 0.538. The van der Waals surface area contributed by atoms with Crippen LogP contribution in [0.15, 0.2) is 52.9 Å². The molecule has 0 radical (unpaired) electrons. The number of hydrogen-bond acceptors (Lipinski definition) is 5. The summed E-state index contributed by atoms with van der Waals surface area (Å²) < 4.78 is 11.2. The van der Waals surface area contributed by atoms with E-state index in [2.05, 4.69) is 22.4 Å². The summed E-state index contributed by atoms with van der Waals surface area (Å²) in [7, 11) is 0. The van der Waals surface area contributed by atoms with E-state index in [1.54, 1.807) is 30.3 Å². The number of anilines is 1. The maximum absolute atomic E-state index is 12.4. The number of amides is 1. The van der Waals surface area contributed by atoms with Gasteiger partial charge in [-0.2, -0.15) is 0 Å². The minimum Gasteiger partial charge on any atom is -0.494 e. The first-order valence-corrected chi connectivity index (χ1v) is 9.18. The molecule has 2 aromatic carbocycles. The van der Waals surface area contributed by atoms with Crippen LogP contribution in [0, 0.1) is 0 Å². The zero-order chi connectivity index (χ0) is 19.1. The maximum atomic E-state index is 12.4. The number of ether oxygens (including phenoxy) is 1. The van der Waals surface area contributed by atoms with Crippen LogP contribution < -0.4 is 10.1 Å². The fourth-order valence-electron chi connectivity index (χ4n) is 2.46. The van der Waals surface area contributed by atoms with Crippen LogP contribution in [0.2, 0.25) is 5.02 Å². The molecule has 0 atom stereocenters. The lowest BCUT2D eigenvalue weighted by atomic mass is 10.2. The number of nitrogens with zero attached hydrogens (tertiary/aromatic N) is 2. The Hall–Kier alpha value is -2.86. The molecule has 0 spiro atoms. The Morgan fingerprint density at radius 1 is 1.15 bits per heavy atom. The molecule has 0 aliphatic rings. The SMILES string of the molecule is CCCCCOc1cccc(C(=O)Nc2nnc(-c3ccccc3Cl)o2)c1. The van der Waals surface area contributed by atoms with Gasteiger partial charge in [-0.15, -0.1) is 5.10 Å². The molecular formula is C20H20ClN3O3. The molecular weight excluding hydrogens is 366 g/mol. The van der Waals surface area contributed by atoms with Gasteiger partial charge in [0.1, 0.15) is 5.75 Å². The molecule has 1 heterocycles. The van der Waals surface area contributed by atoms with E-state index in [-0.39, 0.29) is 17.8 Å². The van der Waals surface area contributed by atoms with Crippen molar-refractivity contribution < 1.29 is 13.9 Å². The molecule has 0 saturated carbocycles. The van der Waals surface area contributed by atoms with Crippen molar-refractivity contribution in [2.75, 3.05) is 11.9 Å². The molecule has 0 aliphatic heterocycles. The van der Waals surface area contributed by atoms with E-state index in [4.69, 9.17) is 20.8 Å². The van der Waals surface area contributed by atoms with Crippen molar-refractivity contribution in [3.05, 3.63) is 59.1 Å².